The summed E-state index contributed by atoms with van der Waals surface area (Å²) < 4.78 is 24.6. The van der Waals surface area contributed by atoms with Gasteiger partial charge in [0.15, 0.2) is 9.84 Å². The number of hydrogen-bond donors (Lipinski definition) is 0. The van der Waals surface area contributed by atoms with Crippen molar-refractivity contribution in [1.82, 2.24) is 0 Å². The summed E-state index contributed by atoms with van der Waals surface area (Å²) in [7, 11) is -3.25. The fraction of sp³-hybridized carbons (Fsp3) is 0.417. The van der Waals surface area contributed by atoms with Crippen molar-refractivity contribution in [3.05, 3.63) is 28.7 Å². The van der Waals surface area contributed by atoms with Gasteiger partial charge in [0.05, 0.1) is 10.6 Å². The molecule has 0 fully saturated rings. The zero-order valence-corrected chi connectivity index (χ0v) is 12.1. The molecule has 0 aliphatic carbocycles. The number of hydrogen-bond acceptors (Lipinski definition) is 3. The predicted molar refractivity (Wildman–Crippen MR) is 70.7 cm³/mol. The smallest absolute Gasteiger partial charge is 0.178 e. The van der Waals surface area contributed by atoms with Gasteiger partial charge in [-0.25, -0.2) is 8.42 Å². The molecule has 0 saturated heterocycles. The first kappa shape index (κ1) is 14.4. The number of halogens is 1. The maximum Gasteiger partial charge on any atom is 0.178 e. The highest BCUT2D eigenvalue weighted by atomic mass is 79.9. The molecular formula is C12H15BrO3S. The van der Waals surface area contributed by atoms with Gasteiger partial charge in [-0.2, -0.15) is 0 Å². The van der Waals surface area contributed by atoms with Crippen molar-refractivity contribution in [2.24, 2.45) is 0 Å². The Morgan fingerprint density at radius 2 is 1.82 bits per heavy atom. The van der Waals surface area contributed by atoms with Crippen LogP contribution < -0.4 is 0 Å². The standard InChI is InChI=1S/C12H15BrO3S/c1-2-11(14)4-3-9-17(15,16)12-7-5-10(13)6-8-12/h5-8H,2-4,9H2,1H3. The molecule has 0 saturated carbocycles. The van der Waals surface area contributed by atoms with Crippen molar-refractivity contribution >= 4 is 31.6 Å². The summed E-state index contributed by atoms with van der Waals surface area (Å²) in [6, 6.07) is 6.54. The van der Waals surface area contributed by atoms with Gasteiger partial charge < -0.3 is 0 Å². The lowest BCUT2D eigenvalue weighted by Gasteiger charge is -2.04. The molecule has 0 spiro atoms. The number of Topliss-reactive ketones (excluding diaryl/α,β-unsaturated/α-hetero) is 1. The normalized spacial score (nSPS) is 11.4. The monoisotopic (exact) mass is 318 g/mol. The van der Waals surface area contributed by atoms with Crippen LogP contribution in [0.1, 0.15) is 26.2 Å². The molecule has 0 bridgehead atoms. The van der Waals surface area contributed by atoms with Crippen LogP contribution in [-0.2, 0) is 14.6 Å². The maximum atomic E-state index is 11.9. The first-order chi connectivity index (χ1) is 7.95. The quantitative estimate of drug-likeness (QED) is 0.810. The molecule has 0 amide bonds. The van der Waals surface area contributed by atoms with E-state index in [-0.39, 0.29) is 11.5 Å². The fourth-order valence-corrected chi connectivity index (χ4v) is 2.97. The minimum absolute atomic E-state index is 0.0281. The molecule has 1 aromatic carbocycles. The van der Waals surface area contributed by atoms with E-state index in [4.69, 9.17) is 0 Å². The molecule has 0 aliphatic heterocycles. The molecule has 17 heavy (non-hydrogen) atoms. The van der Waals surface area contributed by atoms with Crippen molar-refractivity contribution in [3.63, 3.8) is 0 Å². The first-order valence-electron chi connectivity index (χ1n) is 5.45. The summed E-state index contributed by atoms with van der Waals surface area (Å²) >= 11 is 3.25. The van der Waals surface area contributed by atoms with Crippen molar-refractivity contribution in [2.45, 2.75) is 31.1 Å². The van der Waals surface area contributed by atoms with E-state index in [2.05, 4.69) is 15.9 Å². The average Bonchev–Trinajstić information content (AvgIpc) is 2.29. The van der Waals surface area contributed by atoms with Crippen LogP contribution in [0.2, 0.25) is 0 Å². The van der Waals surface area contributed by atoms with Gasteiger partial charge in [-0.1, -0.05) is 22.9 Å². The Labute approximate surface area is 110 Å². The van der Waals surface area contributed by atoms with Crippen LogP contribution in [0, 0.1) is 0 Å². The first-order valence-corrected chi connectivity index (χ1v) is 7.90. The molecule has 94 valence electrons. The van der Waals surface area contributed by atoms with Crippen LogP contribution in [0.4, 0.5) is 0 Å². The summed E-state index contributed by atoms with van der Waals surface area (Å²) in [5.41, 5.74) is 0. The lowest BCUT2D eigenvalue weighted by Crippen LogP contribution is -2.08. The number of carbonyl (C=O) groups excluding carboxylic acids is 1. The van der Waals surface area contributed by atoms with E-state index < -0.39 is 9.84 Å². The van der Waals surface area contributed by atoms with Crippen LogP contribution in [0.15, 0.2) is 33.6 Å². The summed E-state index contributed by atoms with van der Waals surface area (Å²) in [5, 5.41) is 0. The highest BCUT2D eigenvalue weighted by Gasteiger charge is 2.14. The van der Waals surface area contributed by atoms with E-state index in [0.717, 1.165) is 4.47 Å². The Balaban J connectivity index is 2.63. The molecule has 0 radical (unpaired) electrons. The topological polar surface area (TPSA) is 51.2 Å². The Hall–Kier alpha value is -0.680. The number of ketones is 1. The number of carbonyl (C=O) groups is 1. The summed E-state index contributed by atoms with van der Waals surface area (Å²) in [6.45, 7) is 1.78. The molecule has 3 nitrogen and oxygen atoms in total. The van der Waals surface area contributed by atoms with Gasteiger partial charge in [0, 0.05) is 17.3 Å². The van der Waals surface area contributed by atoms with Gasteiger partial charge in [-0.05, 0) is 30.7 Å². The van der Waals surface area contributed by atoms with E-state index in [0.29, 0.717) is 24.2 Å². The lowest BCUT2D eigenvalue weighted by atomic mass is 10.2. The predicted octanol–water partition coefficient (Wildman–Crippen LogP) is 2.98. The fourth-order valence-electron chi connectivity index (χ4n) is 1.40. The zero-order valence-electron chi connectivity index (χ0n) is 9.65. The Morgan fingerprint density at radius 3 is 2.35 bits per heavy atom. The number of sulfone groups is 1. The van der Waals surface area contributed by atoms with Crippen LogP contribution in [0.3, 0.4) is 0 Å². The van der Waals surface area contributed by atoms with E-state index in [9.17, 15) is 13.2 Å². The molecule has 5 heteroatoms. The highest BCUT2D eigenvalue weighted by molar-refractivity contribution is 9.10. The zero-order chi connectivity index (χ0) is 12.9. The molecule has 0 aromatic heterocycles. The number of benzene rings is 1. The largest absolute Gasteiger partial charge is 0.300 e. The van der Waals surface area contributed by atoms with Crippen LogP contribution >= 0.6 is 15.9 Å². The third-order valence-corrected chi connectivity index (χ3v) is 4.78. The molecule has 1 aromatic rings. The molecule has 1 rings (SSSR count). The molecule has 0 atom stereocenters. The van der Waals surface area contributed by atoms with Crippen LogP contribution in [-0.4, -0.2) is 20.0 Å². The minimum Gasteiger partial charge on any atom is -0.300 e. The van der Waals surface area contributed by atoms with Crippen molar-refractivity contribution in [2.75, 3.05) is 5.75 Å². The van der Waals surface area contributed by atoms with Gasteiger partial charge >= 0.3 is 0 Å². The molecular weight excluding hydrogens is 304 g/mol. The highest BCUT2D eigenvalue weighted by Crippen LogP contribution is 2.16. The third kappa shape index (κ3) is 4.60. The van der Waals surface area contributed by atoms with Crippen molar-refractivity contribution in [3.8, 4) is 0 Å². The van der Waals surface area contributed by atoms with Gasteiger partial charge in [0.25, 0.3) is 0 Å². The SMILES string of the molecule is CCC(=O)CCCS(=O)(=O)c1ccc(Br)cc1. The Kier molecular flexibility index (Phi) is 5.33. The third-order valence-electron chi connectivity index (χ3n) is 2.44. The Morgan fingerprint density at radius 1 is 1.24 bits per heavy atom. The minimum atomic E-state index is -3.25. The Bertz CT molecular complexity index is 477. The molecule has 0 N–H and O–H groups in total. The second-order valence-corrected chi connectivity index (χ2v) is 6.79. The van der Waals surface area contributed by atoms with E-state index >= 15 is 0 Å². The second-order valence-electron chi connectivity index (χ2n) is 3.77. The lowest BCUT2D eigenvalue weighted by molar-refractivity contribution is -0.118. The molecule has 0 aliphatic rings. The summed E-state index contributed by atoms with van der Waals surface area (Å²) in [4.78, 5) is 11.4. The van der Waals surface area contributed by atoms with Crippen molar-refractivity contribution < 1.29 is 13.2 Å². The van der Waals surface area contributed by atoms with E-state index in [1.54, 1.807) is 31.2 Å². The van der Waals surface area contributed by atoms with Crippen molar-refractivity contribution in [1.29, 1.82) is 0 Å². The van der Waals surface area contributed by atoms with Gasteiger partial charge in [0.2, 0.25) is 0 Å². The van der Waals surface area contributed by atoms with Crippen LogP contribution in [0.5, 0.6) is 0 Å². The molecule has 0 heterocycles. The maximum absolute atomic E-state index is 11.9. The second kappa shape index (κ2) is 6.31. The van der Waals surface area contributed by atoms with E-state index in [1.165, 1.54) is 0 Å². The molecule has 0 unspecified atom stereocenters. The average molecular weight is 319 g/mol. The van der Waals surface area contributed by atoms with Gasteiger partial charge in [-0.15, -0.1) is 0 Å². The van der Waals surface area contributed by atoms with Crippen LogP contribution in [0.25, 0.3) is 0 Å². The van der Waals surface area contributed by atoms with Gasteiger partial charge in [-0.3, -0.25) is 4.79 Å². The van der Waals surface area contributed by atoms with E-state index in [1.807, 2.05) is 0 Å². The van der Waals surface area contributed by atoms with Gasteiger partial charge in [0.1, 0.15) is 5.78 Å². The summed E-state index contributed by atoms with van der Waals surface area (Å²) in [6.07, 6.45) is 1.20. The summed E-state index contributed by atoms with van der Waals surface area (Å²) in [5.74, 6) is 0.136. The number of rotatable bonds is 6.